The summed E-state index contributed by atoms with van der Waals surface area (Å²) in [6, 6.07) is 5.40. The van der Waals surface area contributed by atoms with E-state index in [1.54, 1.807) is 25.4 Å². The number of hydrogen-bond acceptors (Lipinski definition) is 6. The minimum atomic E-state index is -0.330. The lowest BCUT2D eigenvalue weighted by Gasteiger charge is -2.12. The first-order chi connectivity index (χ1) is 11.8. The van der Waals surface area contributed by atoms with Gasteiger partial charge < -0.3 is 9.84 Å². The second-order valence-corrected chi connectivity index (χ2v) is 6.71. The van der Waals surface area contributed by atoms with Crippen LogP contribution in [-0.4, -0.2) is 26.0 Å². The summed E-state index contributed by atoms with van der Waals surface area (Å²) in [6.45, 7) is 7.79. The minimum absolute atomic E-state index is 0.180. The number of nitrogens with zero attached hydrogens (tertiary/aromatic N) is 4. The van der Waals surface area contributed by atoms with Gasteiger partial charge in [-0.15, -0.1) is 0 Å². The van der Waals surface area contributed by atoms with Gasteiger partial charge in [-0.05, 0) is 19.1 Å². The lowest BCUT2D eigenvalue weighted by atomic mass is 9.93. The molecule has 0 atom stereocenters. The Balaban J connectivity index is 1.80. The average molecular weight is 337 g/mol. The molecule has 3 aromatic heterocycles. The largest absolute Gasteiger partial charge is 0.359 e. The number of aryl methyl sites for hydroxylation is 1. The number of hydrogen-bond donors (Lipinski definition) is 1. The maximum absolute atomic E-state index is 12.5. The van der Waals surface area contributed by atoms with Crippen LogP contribution in [0.1, 0.15) is 42.6 Å². The molecule has 0 aromatic carbocycles. The Labute approximate surface area is 145 Å². The molecule has 1 N–H and O–H groups in total. The van der Waals surface area contributed by atoms with E-state index in [4.69, 9.17) is 4.52 Å². The molecule has 0 aliphatic rings. The minimum Gasteiger partial charge on any atom is -0.359 e. The maximum atomic E-state index is 12.5. The van der Waals surface area contributed by atoms with Gasteiger partial charge in [0.15, 0.2) is 11.6 Å². The van der Waals surface area contributed by atoms with Crippen LogP contribution >= 0.6 is 0 Å². The molecule has 0 spiro atoms. The summed E-state index contributed by atoms with van der Waals surface area (Å²) in [5.74, 6) is 1.26. The molecule has 0 saturated carbocycles. The summed E-state index contributed by atoms with van der Waals surface area (Å²) in [7, 11) is 0. The summed E-state index contributed by atoms with van der Waals surface area (Å²) in [5, 5.41) is 6.60. The highest BCUT2D eigenvalue weighted by molar-refractivity contribution is 6.04. The summed E-state index contributed by atoms with van der Waals surface area (Å²) < 4.78 is 5.27. The van der Waals surface area contributed by atoms with Crippen LogP contribution in [0.25, 0.3) is 11.4 Å². The molecule has 128 valence electrons. The highest BCUT2D eigenvalue weighted by Gasteiger charge is 2.21. The lowest BCUT2D eigenvalue weighted by Crippen LogP contribution is -2.15. The van der Waals surface area contributed by atoms with Crippen molar-refractivity contribution >= 4 is 11.7 Å². The normalized spacial score (nSPS) is 11.4. The first-order valence-electron chi connectivity index (χ1n) is 7.87. The highest BCUT2D eigenvalue weighted by atomic mass is 16.5. The van der Waals surface area contributed by atoms with E-state index >= 15 is 0 Å². The number of amides is 1. The highest BCUT2D eigenvalue weighted by Crippen LogP contribution is 2.24. The zero-order chi connectivity index (χ0) is 18.0. The van der Waals surface area contributed by atoms with Crippen molar-refractivity contribution in [1.29, 1.82) is 0 Å². The Morgan fingerprint density at radius 3 is 2.64 bits per heavy atom. The van der Waals surface area contributed by atoms with E-state index in [0.29, 0.717) is 28.7 Å². The number of anilines is 1. The van der Waals surface area contributed by atoms with E-state index in [1.165, 1.54) is 6.20 Å². The summed E-state index contributed by atoms with van der Waals surface area (Å²) in [4.78, 5) is 25.2. The standard InChI is InChI=1S/C18H19N5O2/c1-11-13(10-20-16(21-11)12-6-5-7-19-9-12)17(24)22-15-8-14(25-23-15)18(2,3)4/h5-10H,1-4H3,(H,22,23,24). The van der Waals surface area contributed by atoms with Crippen LogP contribution in [0.15, 0.2) is 41.3 Å². The third-order valence-electron chi connectivity index (χ3n) is 3.63. The molecule has 0 saturated heterocycles. The molecule has 0 radical (unpaired) electrons. The van der Waals surface area contributed by atoms with Crippen molar-refractivity contribution in [2.75, 3.05) is 5.32 Å². The molecular formula is C18H19N5O2. The maximum Gasteiger partial charge on any atom is 0.260 e. The summed E-state index contributed by atoms with van der Waals surface area (Å²) in [6.07, 6.45) is 4.87. The number of rotatable bonds is 3. The van der Waals surface area contributed by atoms with Crippen LogP contribution in [0.3, 0.4) is 0 Å². The zero-order valence-corrected chi connectivity index (χ0v) is 14.6. The van der Waals surface area contributed by atoms with Gasteiger partial charge in [0.2, 0.25) is 0 Å². The number of carbonyl (C=O) groups is 1. The third kappa shape index (κ3) is 3.71. The second-order valence-electron chi connectivity index (χ2n) is 6.71. The van der Waals surface area contributed by atoms with Crippen LogP contribution in [0.4, 0.5) is 5.82 Å². The molecule has 0 fully saturated rings. The van der Waals surface area contributed by atoms with Gasteiger partial charge in [-0.2, -0.15) is 0 Å². The molecule has 1 amide bonds. The molecule has 0 unspecified atom stereocenters. The Hall–Kier alpha value is -3.09. The smallest absolute Gasteiger partial charge is 0.260 e. The van der Waals surface area contributed by atoms with E-state index in [-0.39, 0.29) is 11.3 Å². The van der Waals surface area contributed by atoms with E-state index in [1.807, 2.05) is 32.9 Å². The van der Waals surface area contributed by atoms with Crippen molar-refractivity contribution < 1.29 is 9.32 Å². The molecule has 25 heavy (non-hydrogen) atoms. The van der Waals surface area contributed by atoms with Crippen LogP contribution < -0.4 is 5.32 Å². The molecule has 3 heterocycles. The third-order valence-corrected chi connectivity index (χ3v) is 3.63. The van der Waals surface area contributed by atoms with Gasteiger partial charge in [0.25, 0.3) is 5.91 Å². The van der Waals surface area contributed by atoms with E-state index in [0.717, 1.165) is 5.56 Å². The fourth-order valence-electron chi connectivity index (χ4n) is 2.20. The number of aromatic nitrogens is 4. The number of nitrogens with one attached hydrogen (secondary N) is 1. The quantitative estimate of drug-likeness (QED) is 0.787. The first-order valence-corrected chi connectivity index (χ1v) is 7.87. The van der Waals surface area contributed by atoms with Crippen LogP contribution in [-0.2, 0) is 5.41 Å². The lowest BCUT2D eigenvalue weighted by molar-refractivity contribution is 0.102. The van der Waals surface area contributed by atoms with Crippen molar-refractivity contribution in [2.45, 2.75) is 33.1 Å². The molecule has 3 rings (SSSR count). The van der Waals surface area contributed by atoms with Crippen molar-refractivity contribution in [2.24, 2.45) is 0 Å². The topological polar surface area (TPSA) is 93.8 Å². The molecule has 3 aromatic rings. The Kier molecular flexibility index (Phi) is 4.31. The second kappa shape index (κ2) is 6.43. The number of carbonyl (C=O) groups excluding carboxylic acids is 1. The zero-order valence-electron chi connectivity index (χ0n) is 14.6. The fraction of sp³-hybridized carbons (Fsp3) is 0.278. The SMILES string of the molecule is Cc1nc(-c2cccnc2)ncc1C(=O)Nc1cc(C(C)(C)C)on1. The molecular weight excluding hydrogens is 318 g/mol. The van der Waals surface area contributed by atoms with Gasteiger partial charge in [-0.25, -0.2) is 9.97 Å². The monoisotopic (exact) mass is 337 g/mol. The Morgan fingerprint density at radius 1 is 1.24 bits per heavy atom. The van der Waals surface area contributed by atoms with Crippen molar-refractivity contribution in [3.63, 3.8) is 0 Å². The van der Waals surface area contributed by atoms with Crippen LogP contribution in [0, 0.1) is 6.92 Å². The van der Waals surface area contributed by atoms with E-state index in [2.05, 4.69) is 25.4 Å². The molecule has 0 aliphatic carbocycles. The van der Waals surface area contributed by atoms with Gasteiger partial charge >= 0.3 is 0 Å². The summed E-state index contributed by atoms with van der Waals surface area (Å²) >= 11 is 0. The Bertz CT molecular complexity index is 897. The predicted octanol–water partition coefficient (Wildman–Crippen LogP) is 3.38. The van der Waals surface area contributed by atoms with Crippen molar-refractivity contribution in [3.05, 3.63) is 53.8 Å². The Morgan fingerprint density at radius 2 is 2.04 bits per heavy atom. The van der Waals surface area contributed by atoms with Crippen molar-refractivity contribution in [1.82, 2.24) is 20.1 Å². The van der Waals surface area contributed by atoms with Gasteiger partial charge in [-0.1, -0.05) is 25.9 Å². The summed E-state index contributed by atoms with van der Waals surface area (Å²) in [5.41, 5.74) is 1.57. The van der Waals surface area contributed by atoms with Gasteiger partial charge in [-0.3, -0.25) is 9.78 Å². The van der Waals surface area contributed by atoms with E-state index < -0.39 is 0 Å². The fourth-order valence-corrected chi connectivity index (χ4v) is 2.20. The predicted molar refractivity (Wildman–Crippen MR) is 93.2 cm³/mol. The molecule has 0 aliphatic heterocycles. The van der Waals surface area contributed by atoms with Gasteiger partial charge in [0.1, 0.15) is 5.76 Å². The first kappa shape index (κ1) is 16.8. The van der Waals surface area contributed by atoms with Crippen LogP contribution in [0.5, 0.6) is 0 Å². The molecule has 7 nitrogen and oxygen atoms in total. The van der Waals surface area contributed by atoms with Gasteiger partial charge in [0.05, 0.1) is 11.3 Å². The number of pyridine rings is 1. The van der Waals surface area contributed by atoms with Crippen molar-refractivity contribution in [3.8, 4) is 11.4 Å². The van der Waals surface area contributed by atoms with Crippen LogP contribution in [0.2, 0.25) is 0 Å². The molecule has 7 heteroatoms. The average Bonchev–Trinajstić information content (AvgIpc) is 3.04. The molecule has 0 bridgehead atoms. The van der Waals surface area contributed by atoms with E-state index in [9.17, 15) is 4.79 Å². The van der Waals surface area contributed by atoms with Gasteiger partial charge in [0, 0.05) is 35.6 Å².